The zero-order valence-corrected chi connectivity index (χ0v) is 11.6. The van der Waals surface area contributed by atoms with Crippen LogP contribution < -0.4 is 5.32 Å². The van der Waals surface area contributed by atoms with Gasteiger partial charge in [-0.15, -0.1) is 0 Å². The molecule has 0 amide bonds. The molecule has 0 aliphatic rings. The molecule has 0 saturated heterocycles. The van der Waals surface area contributed by atoms with Crippen molar-refractivity contribution in [3.05, 3.63) is 42.0 Å². The summed E-state index contributed by atoms with van der Waals surface area (Å²) < 4.78 is 2.07. The first-order chi connectivity index (χ1) is 9.33. The van der Waals surface area contributed by atoms with Crippen LogP contribution in [0.3, 0.4) is 0 Å². The lowest BCUT2D eigenvalue weighted by Gasteiger charge is -2.12. The molecule has 0 spiro atoms. The van der Waals surface area contributed by atoms with E-state index in [2.05, 4.69) is 51.4 Å². The number of nitrogens with zero attached hydrogens (tertiary/aromatic N) is 4. The zero-order chi connectivity index (χ0) is 13.5. The molecule has 2 aromatic heterocycles. The van der Waals surface area contributed by atoms with E-state index in [1.165, 1.54) is 0 Å². The van der Waals surface area contributed by atoms with Crippen molar-refractivity contribution in [2.75, 3.05) is 0 Å². The summed E-state index contributed by atoms with van der Waals surface area (Å²) in [6, 6.07) is 6.44. The van der Waals surface area contributed by atoms with E-state index in [0.717, 1.165) is 30.8 Å². The Morgan fingerprint density at radius 3 is 2.63 bits per heavy atom. The van der Waals surface area contributed by atoms with Crippen LogP contribution in [-0.2, 0) is 13.1 Å². The Balaban J connectivity index is 1.83. The Kier molecular flexibility index (Phi) is 5.03. The maximum Gasteiger partial charge on any atom is 0.0769 e. The van der Waals surface area contributed by atoms with Gasteiger partial charge in [0.05, 0.1) is 17.4 Å². The van der Waals surface area contributed by atoms with Gasteiger partial charge in [-0.2, -0.15) is 15.3 Å². The first-order valence-electron chi connectivity index (χ1n) is 6.84. The molecule has 0 atom stereocenters. The molecule has 0 aliphatic heterocycles. The maximum absolute atomic E-state index is 4.60. The van der Waals surface area contributed by atoms with Gasteiger partial charge in [0.2, 0.25) is 0 Å². The van der Waals surface area contributed by atoms with Crippen LogP contribution in [0.4, 0.5) is 0 Å². The molecule has 0 saturated carbocycles. The third kappa shape index (κ3) is 3.86. The van der Waals surface area contributed by atoms with E-state index < -0.39 is 0 Å². The largest absolute Gasteiger partial charge is 0.305 e. The van der Waals surface area contributed by atoms with Gasteiger partial charge >= 0.3 is 0 Å². The molecule has 5 nitrogen and oxygen atoms in total. The van der Waals surface area contributed by atoms with Gasteiger partial charge in [0.15, 0.2) is 0 Å². The molecule has 2 rings (SSSR count). The number of rotatable bonds is 7. The number of aromatic nitrogens is 4. The third-order valence-electron chi connectivity index (χ3n) is 3.22. The third-order valence-corrected chi connectivity index (χ3v) is 3.22. The highest BCUT2D eigenvalue weighted by Gasteiger charge is 2.07. The SMILES string of the molecule is CCC(CC)n1ccc(CNCc2cccnn2)n1. The summed E-state index contributed by atoms with van der Waals surface area (Å²) >= 11 is 0. The van der Waals surface area contributed by atoms with Crippen LogP contribution in [0.15, 0.2) is 30.6 Å². The van der Waals surface area contributed by atoms with E-state index in [0.29, 0.717) is 12.6 Å². The van der Waals surface area contributed by atoms with Crippen LogP contribution in [0, 0.1) is 0 Å². The summed E-state index contributed by atoms with van der Waals surface area (Å²) in [4.78, 5) is 0. The topological polar surface area (TPSA) is 55.6 Å². The van der Waals surface area contributed by atoms with Crippen LogP contribution in [0.1, 0.15) is 44.1 Å². The normalized spacial score (nSPS) is 11.1. The summed E-state index contributed by atoms with van der Waals surface area (Å²) in [7, 11) is 0. The van der Waals surface area contributed by atoms with E-state index in [1.807, 2.05) is 12.1 Å². The molecule has 5 heteroatoms. The number of hydrogen-bond acceptors (Lipinski definition) is 4. The molecule has 1 N–H and O–H groups in total. The van der Waals surface area contributed by atoms with Crippen LogP contribution in [0.5, 0.6) is 0 Å². The minimum Gasteiger partial charge on any atom is -0.305 e. The number of hydrogen-bond donors (Lipinski definition) is 1. The van der Waals surface area contributed by atoms with Crippen molar-refractivity contribution in [3.63, 3.8) is 0 Å². The fraction of sp³-hybridized carbons (Fsp3) is 0.500. The van der Waals surface area contributed by atoms with Gasteiger partial charge in [-0.3, -0.25) is 4.68 Å². The summed E-state index contributed by atoms with van der Waals surface area (Å²) in [6.07, 6.45) is 5.98. The fourth-order valence-electron chi connectivity index (χ4n) is 2.08. The Labute approximate surface area is 114 Å². The fourth-order valence-corrected chi connectivity index (χ4v) is 2.08. The van der Waals surface area contributed by atoms with Gasteiger partial charge in [-0.1, -0.05) is 13.8 Å². The molecule has 0 aliphatic carbocycles. The molecule has 2 aromatic rings. The summed E-state index contributed by atoms with van der Waals surface area (Å²) in [6.45, 7) is 5.86. The summed E-state index contributed by atoms with van der Waals surface area (Å²) in [5, 5.41) is 15.8. The van der Waals surface area contributed by atoms with E-state index in [9.17, 15) is 0 Å². The van der Waals surface area contributed by atoms with E-state index in [4.69, 9.17) is 0 Å². The van der Waals surface area contributed by atoms with Crippen LogP contribution in [0.2, 0.25) is 0 Å². The Bertz CT molecular complexity index is 476. The standard InChI is InChI=1S/C14H21N5/c1-3-14(4-2)19-9-7-13(18-19)11-15-10-12-6-5-8-16-17-12/h5-9,14-15H,3-4,10-11H2,1-2H3. The van der Waals surface area contributed by atoms with Crippen LogP contribution in [-0.4, -0.2) is 20.0 Å². The monoisotopic (exact) mass is 259 g/mol. The number of nitrogens with one attached hydrogen (secondary N) is 1. The molecule has 0 aromatic carbocycles. The van der Waals surface area contributed by atoms with Crippen molar-refractivity contribution in [2.24, 2.45) is 0 Å². The zero-order valence-electron chi connectivity index (χ0n) is 11.6. The molecule has 0 unspecified atom stereocenters. The first kappa shape index (κ1) is 13.7. The minimum atomic E-state index is 0.508. The molecule has 102 valence electrons. The lowest BCUT2D eigenvalue weighted by atomic mass is 10.2. The van der Waals surface area contributed by atoms with Gasteiger partial charge in [0.25, 0.3) is 0 Å². The average molecular weight is 259 g/mol. The summed E-state index contributed by atoms with van der Waals surface area (Å²) in [5.41, 5.74) is 2.01. The van der Waals surface area contributed by atoms with Crippen LogP contribution >= 0.6 is 0 Å². The molecule has 0 fully saturated rings. The van der Waals surface area contributed by atoms with E-state index >= 15 is 0 Å². The van der Waals surface area contributed by atoms with Crippen molar-refractivity contribution in [3.8, 4) is 0 Å². The van der Waals surface area contributed by atoms with Crippen molar-refractivity contribution in [1.29, 1.82) is 0 Å². The lowest BCUT2D eigenvalue weighted by molar-refractivity contribution is 0.424. The Hall–Kier alpha value is -1.75. The van der Waals surface area contributed by atoms with Gasteiger partial charge in [0.1, 0.15) is 0 Å². The molecule has 2 heterocycles. The smallest absolute Gasteiger partial charge is 0.0769 e. The second-order valence-corrected chi connectivity index (χ2v) is 4.58. The first-order valence-corrected chi connectivity index (χ1v) is 6.84. The highest BCUT2D eigenvalue weighted by molar-refractivity contribution is 5.01. The van der Waals surface area contributed by atoms with E-state index in [-0.39, 0.29) is 0 Å². The summed E-state index contributed by atoms with van der Waals surface area (Å²) in [5.74, 6) is 0. The minimum absolute atomic E-state index is 0.508. The van der Waals surface area contributed by atoms with Gasteiger partial charge in [-0.05, 0) is 31.0 Å². The molecular formula is C14H21N5. The van der Waals surface area contributed by atoms with Crippen molar-refractivity contribution in [2.45, 2.75) is 45.8 Å². The van der Waals surface area contributed by atoms with Gasteiger partial charge in [-0.25, -0.2) is 0 Å². The lowest BCUT2D eigenvalue weighted by Crippen LogP contribution is -2.15. The maximum atomic E-state index is 4.60. The van der Waals surface area contributed by atoms with Crippen LogP contribution in [0.25, 0.3) is 0 Å². The van der Waals surface area contributed by atoms with Crippen molar-refractivity contribution in [1.82, 2.24) is 25.3 Å². The average Bonchev–Trinajstić information content (AvgIpc) is 2.90. The quantitative estimate of drug-likeness (QED) is 0.829. The molecule has 19 heavy (non-hydrogen) atoms. The van der Waals surface area contributed by atoms with Gasteiger partial charge < -0.3 is 5.32 Å². The predicted molar refractivity (Wildman–Crippen MR) is 74.4 cm³/mol. The Morgan fingerprint density at radius 1 is 1.16 bits per heavy atom. The molecule has 0 radical (unpaired) electrons. The second-order valence-electron chi connectivity index (χ2n) is 4.58. The van der Waals surface area contributed by atoms with Gasteiger partial charge in [0, 0.05) is 25.5 Å². The van der Waals surface area contributed by atoms with Crippen molar-refractivity contribution < 1.29 is 0 Å². The predicted octanol–water partition coefficient (Wildman–Crippen LogP) is 2.32. The molecule has 0 bridgehead atoms. The highest BCUT2D eigenvalue weighted by Crippen LogP contribution is 2.14. The highest BCUT2D eigenvalue weighted by atomic mass is 15.3. The molecular weight excluding hydrogens is 238 g/mol. The van der Waals surface area contributed by atoms with Crippen molar-refractivity contribution >= 4 is 0 Å². The Morgan fingerprint density at radius 2 is 1.95 bits per heavy atom. The second kappa shape index (κ2) is 6.99. The van der Waals surface area contributed by atoms with E-state index in [1.54, 1.807) is 6.20 Å².